The van der Waals surface area contributed by atoms with Crippen molar-refractivity contribution in [3.05, 3.63) is 17.8 Å². The van der Waals surface area contributed by atoms with Crippen LogP contribution in [0.4, 0.5) is 0 Å². The Morgan fingerprint density at radius 2 is 1.96 bits per heavy atom. The molecule has 0 spiro atoms. The van der Waals surface area contributed by atoms with Crippen molar-refractivity contribution in [1.29, 1.82) is 0 Å². The van der Waals surface area contributed by atoms with E-state index in [9.17, 15) is 14.4 Å². The highest BCUT2D eigenvalue weighted by Gasteiger charge is 2.25. The summed E-state index contributed by atoms with van der Waals surface area (Å²) in [5.41, 5.74) is 5.98. The molecule has 0 aliphatic heterocycles. The number of carbonyl (C=O) groups excluding carboxylic acids is 3. The molecule has 0 bridgehead atoms. The van der Waals surface area contributed by atoms with Gasteiger partial charge in [-0.15, -0.1) is 0 Å². The molecule has 1 aromatic heterocycles. The van der Waals surface area contributed by atoms with Crippen molar-refractivity contribution in [3.8, 4) is 0 Å². The maximum atomic E-state index is 12.4. The van der Waals surface area contributed by atoms with Crippen molar-refractivity contribution in [2.24, 2.45) is 5.73 Å². The first-order valence-corrected chi connectivity index (χ1v) is 10.1. The number of aromatic nitrogens is 1. The molecule has 1 aromatic rings. The van der Waals surface area contributed by atoms with Crippen molar-refractivity contribution >= 4 is 29.6 Å². The molecule has 152 valence electrons. The number of ether oxygens (including phenoxy) is 2. The van der Waals surface area contributed by atoms with Crippen LogP contribution in [0.2, 0.25) is 0 Å². The monoisotopic (exact) mass is 401 g/mol. The Labute approximate surface area is 162 Å². The number of nitrogens with zero attached hydrogens (tertiary/aromatic N) is 1. The summed E-state index contributed by atoms with van der Waals surface area (Å²) in [7, 11) is 0. The van der Waals surface area contributed by atoms with E-state index in [2.05, 4.69) is 10.3 Å². The van der Waals surface area contributed by atoms with Gasteiger partial charge in [-0.3, -0.25) is 9.59 Å². The molecule has 3 N–H and O–H groups in total. The predicted molar refractivity (Wildman–Crippen MR) is 100 cm³/mol. The van der Waals surface area contributed by atoms with E-state index >= 15 is 0 Å². The lowest BCUT2D eigenvalue weighted by atomic mass is 10.1. The van der Waals surface area contributed by atoms with Crippen molar-refractivity contribution in [3.63, 3.8) is 0 Å². The second kappa shape index (κ2) is 12.3. The molecular formula is C17H27N3O6S. The molecule has 2 atom stereocenters. The molecule has 1 heterocycles. The summed E-state index contributed by atoms with van der Waals surface area (Å²) in [4.78, 5) is 40.0. The number of nitrogens with one attached hydrogen (secondary N) is 1. The lowest BCUT2D eigenvalue weighted by molar-refractivity contribution is -0.146. The van der Waals surface area contributed by atoms with Crippen LogP contribution in [-0.4, -0.2) is 54.1 Å². The average molecular weight is 401 g/mol. The van der Waals surface area contributed by atoms with Crippen LogP contribution in [-0.2, 0) is 19.1 Å². The zero-order valence-corrected chi connectivity index (χ0v) is 16.7. The molecule has 0 aromatic carbocycles. The number of nitrogens with two attached hydrogens (primary N) is 1. The molecule has 9 nitrogen and oxygen atoms in total. The number of oxazole rings is 1. The number of hydrogen-bond acceptors (Lipinski definition) is 9. The van der Waals surface area contributed by atoms with Crippen LogP contribution < -0.4 is 11.1 Å². The van der Waals surface area contributed by atoms with Crippen molar-refractivity contribution in [2.75, 3.05) is 25.2 Å². The lowest BCUT2D eigenvalue weighted by Gasteiger charge is -2.16. The van der Waals surface area contributed by atoms with Gasteiger partial charge in [0.25, 0.3) is 5.91 Å². The highest BCUT2D eigenvalue weighted by molar-refractivity contribution is 7.98. The van der Waals surface area contributed by atoms with Gasteiger partial charge in [-0.25, -0.2) is 9.78 Å². The summed E-state index contributed by atoms with van der Waals surface area (Å²) < 4.78 is 15.1. The highest BCUT2D eigenvalue weighted by Crippen LogP contribution is 2.16. The average Bonchev–Trinajstić information content (AvgIpc) is 3.13. The minimum absolute atomic E-state index is 0.00929. The van der Waals surface area contributed by atoms with Gasteiger partial charge < -0.3 is 24.9 Å². The Morgan fingerprint density at radius 3 is 2.59 bits per heavy atom. The van der Waals surface area contributed by atoms with Crippen molar-refractivity contribution in [2.45, 2.75) is 45.2 Å². The van der Waals surface area contributed by atoms with Gasteiger partial charge in [-0.05, 0) is 38.7 Å². The third-order valence-corrected chi connectivity index (χ3v) is 4.17. The molecule has 10 heteroatoms. The first kappa shape index (κ1) is 23.0. The molecule has 0 fully saturated rings. The largest absolute Gasteiger partial charge is 0.466 e. The quantitative estimate of drug-likeness (QED) is 0.499. The highest BCUT2D eigenvalue weighted by atomic mass is 32.2. The zero-order valence-electron chi connectivity index (χ0n) is 15.9. The first-order chi connectivity index (χ1) is 12.9. The van der Waals surface area contributed by atoms with Gasteiger partial charge in [0.15, 0.2) is 5.69 Å². The van der Waals surface area contributed by atoms with Gasteiger partial charge in [0.1, 0.15) is 12.3 Å². The standard InChI is InChI=1S/C17H27N3O6S/c1-4-24-14(21)7-6-12(17(23)25-5-2)19-15(22)13-10-26-16(20-13)11(18)8-9-27-3/h10-12H,4-9,18H2,1-3H3,(H,19,22). The van der Waals surface area contributed by atoms with Crippen LogP contribution in [0.15, 0.2) is 10.7 Å². The predicted octanol–water partition coefficient (Wildman–Crippen LogP) is 1.43. The number of thioether (sulfide) groups is 1. The Morgan fingerprint density at radius 1 is 1.26 bits per heavy atom. The number of hydrogen-bond donors (Lipinski definition) is 2. The third kappa shape index (κ3) is 8.00. The Kier molecular flexibility index (Phi) is 10.5. The maximum Gasteiger partial charge on any atom is 0.328 e. The van der Waals surface area contributed by atoms with Crippen LogP contribution in [0.25, 0.3) is 0 Å². The van der Waals surface area contributed by atoms with Gasteiger partial charge >= 0.3 is 11.9 Å². The normalized spacial score (nSPS) is 12.9. The molecule has 27 heavy (non-hydrogen) atoms. The maximum absolute atomic E-state index is 12.4. The van der Waals surface area contributed by atoms with E-state index in [1.165, 1.54) is 6.26 Å². The van der Waals surface area contributed by atoms with Crippen LogP contribution >= 0.6 is 11.8 Å². The first-order valence-electron chi connectivity index (χ1n) is 8.75. The van der Waals surface area contributed by atoms with Crippen molar-refractivity contribution in [1.82, 2.24) is 10.3 Å². The zero-order chi connectivity index (χ0) is 20.2. The fourth-order valence-corrected chi connectivity index (χ4v) is 2.64. The van der Waals surface area contributed by atoms with Crippen LogP contribution in [0.1, 0.15) is 55.5 Å². The van der Waals surface area contributed by atoms with Crippen molar-refractivity contribution < 1.29 is 28.3 Å². The van der Waals surface area contributed by atoms with E-state index in [1.807, 2.05) is 6.26 Å². The fourth-order valence-electron chi connectivity index (χ4n) is 2.15. The molecule has 0 aliphatic rings. The molecule has 0 aliphatic carbocycles. The number of carbonyl (C=O) groups is 3. The van der Waals surface area contributed by atoms with Gasteiger partial charge in [-0.2, -0.15) is 11.8 Å². The van der Waals surface area contributed by atoms with E-state index in [-0.39, 0.29) is 37.6 Å². The van der Waals surface area contributed by atoms with Gasteiger partial charge in [0.05, 0.1) is 19.3 Å². The van der Waals surface area contributed by atoms with E-state index in [0.29, 0.717) is 6.42 Å². The Balaban J connectivity index is 2.73. The molecule has 2 unspecified atom stereocenters. The summed E-state index contributed by atoms with van der Waals surface area (Å²) >= 11 is 1.65. The second-order valence-corrected chi connectivity index (χ2v) is 6.57. The molecule has 1 amide bonds. The molecule has 1 rings (SSSR count). The third-order valence-electron chi connectivity index (χ3n) is 3.52. The molecule has 0 saturated heterocycles. The number of rotatable bonds is 12. The lowest BCUT2D eigenvalue weighted by Crippen LogP contribution is -2.42. The smallest absolute Gasteiger partial charge is 0.328 e. The minimum atomic E-state index is -0.993. The summed E-state index contributed by atoms with van der Waals surface area (Å²) in [6, 6.07) is -1.41. The van der Waals surface area contributed by atoms with Gasteiger partial charge in [0, 0.05) is 6.42 Å². The molecule has 0 saturated carbocycles. The van der Waals surface area contributed by atoms with E-state index < -0.39 is 29.9 Å². The fraction of sp³-hybridized carbons (Fsp3) is 0.647. The van der Waals surface area contributed by atoms with E-state index in [4.69, 9.17) is 19.6 Å². The molecule has 0 radical (unpaired) electrons. The Bertz CT molecular complexity index is 622. The summed E-state index contributed by atoms with van der Waals surface area (Å²) in [5.74, 6) is -0.596. The molecular weight excluding hydrogens is 374 g/mol. The van der Waals surface area contributed by atoms with E-state index in [0.717, 1.165) is 5.75 Å². The van der Waals surface area contributed by atoms with Crippen LogP contribution in [0, 0.1) is 0 Å². The Hall–Kier alpha value is -2.07. The minimum Gasteiger partial charge on any atom is -0.466 e. The van der Waals surface area contributed by atoms with E-state index in [1.54, 1.807) is 25.6 Å². The number of esters is 2. The van der Waals surface area contributed by atoms with Gasteiger partial charge in [0.2, 0.25) is 5.89 Å². The summed E-state index contributed by atoms with van der Waals surface area (Å²) in [6.45, 7) is 3.74. The van der Waals surface area contributed by atoms with Crippen LogP contribution in [0.3, 0.4) is 0 Å². The summed E-state index contributed by atoms with van der Waals surface area (Å²) in [6.07, 6.45) is 3.85. The summed E-state index contributed by atoms with van der Waals surface area (Å²) in [5, 5.41) is 2.52. The topological polar surface area (TPSA) is 134 Å². The SMILES string of the molecule is CCOC(=O)CCC(NC(=O)c1coc(C(N)CCSC)n1)C(=O)OCC. The number of amides is 1. The van der Waals surface area contributed by atoms with Crippen LogP contribution in [0.5, 0.6) is 0 Å². The second-order valence-electron chi connectivity index (χ2n) is 5.58. The van der Waals surface area contributed by atoms with Gasteiger partial charge in [-0.1, -0.05) is 0 Å².